The standard InChI is InChI=1S/C17H21NO/c1-12-5-8-14(9-6-12)17(18-3)15-10-7-13(2)16(11-15)19-4/h5-11,17-18H,1-4H3. The second-order valence-electron chi connectivity index (χ2n) is 4.86. The van der Waals surface area contributed by atoms with Crippen LogP contribution in [0, 0.1) is 13.8 Å². The zero-order valence-electron chi connectivity index (χ0n) is 12.0. The monoisotopic (exact) mass is 255 g/mol. The Morgan fingerprint density at radius 3 is 2.16 bits per heavy atom. The van der Waals surface area contributed by atoms with Gasteiger partial charge < -0.3 is 10.1 Å². The predicted octanol–water partition coefficient (Wildman–Crippen LogP) is 3.62. The maximum Gasteiger partial charge on any atom is 0.122 e. The summed E-state index contributed by atoms with van der Waals surface area (Å²) in [6, 6.07) is 15.2. The molecule has 0 heterocycles. The van der Waals surface area contributed by atoms with Crippen LogP contribution in [-0.4, -0.2) is 14.2 Å². The number of rotatable bonds is 4. The van der Waals surface area contributed by atoms with E-state index in [4.69, 9.17) is 4.74 Å². The van der Waals surface area contributed by atoms with E-state index in [-0.39, 0.29) is 6.04 Å². The number of benzene rings is 2. The first kappa shape index (κ1) is 13.6. The van der Waals surface area contributed by atoms with Gasteiger partial charge in [-0.1, -0.05) is 42.0 Å². The second kappa shape index (κ2) is 5.89. The summed E-state index contributed by atoms with van der Waals surface area (Å²) in [5.74, 6) is 0.935. The maximum absolute atomic E-state index is 5.41. The van der Waals surface area contributed by atoms with E-state index in [0.717, 1.165) is 11.3 Å². The molecule has 2 heteroatoms. The first-order valence-electron chi connectivity index (χ1n) is 6.54. The number of nitrogens with one attached hydrogen (secondary N) is 1. The molecule has 0 aliphatic rings. The van der Waals surface area contributed by atoms with Gasteiger partial charge in [0.2, 0.25) is 0 Å². The minimum atomic E-state index is 0.190. The lowest BCUT2D eigenvalue weighted by Gasteiger charge is -2.19. The van der Waals surface area contributed by atoms with Gasteiger partial charge in [-0.2, -0.15) is 0 Å². The van der Waals surface area contributed by atoms with Gasteiger partial charge in [0, 0.05) is 0 Å². The van der Waals surface area contributed by atoms with Crippen molar-refractivity contribution in [2.24, 2.45) is 0 Å². The Morgan fingerprint density at radius 2 is 1.58 bits per heavy atom. The molecular formula is C17H21NO. The Labute approximate surface area is 115 Å². The summed E-state index contributed by atoms with van der Waals surface area (Å²) in [5.41, 5.74) is 4.91. The lowest BCUT2D eigenvalue weighted by atomic mass is 9.97. The molecule has 1 unspecified atom stereocenters. The summed E-state index contributed by atoms with van der Waals surface area (Å²) in [4.78, 5) is 0. The van der Waals surface area contributed by atoms with Crippen LogP contribution in [-0.2, 0) is 0 Å². The first-order valence-corrected chi connectivity index (χ1v) is 6.54. The lowest BCUT2D eigenvalue weighted by molar-refractivity contribution is 0.410. The Hall–Kier alpha value is -1.80. The molecule has 2 aromatic carbocycles. The molecule has 1 atom stereocenters. The van der Waals surface area contributed by atoms with Gasteiger partial charge >= 0.3 is 0 Å². The molecule has 0 bridgehead atoms. The number of ether oxygens (including phenoxy) is 1. The smallest absolute Gasteiger partial charge is 0.122 e. The summed E-state index contributed by atoms with van der Waals surface area (Å²) < 4.78 is 5.41. The summed E-state index contributed by atoms with van der Waals surface area (Å²) in [7, 11) is 3.70. The quantitative estimate of drug-likeness (QED) is 0.901. The fourth-order valence-corrected chi connectivity index (χ4v) is 2.30. The van der Waals surface area contributed by atoms with Crippen molar-refractivity contribution in [3.8, 4) is 5.75 Å². The van der Waals surface area contributed by atoms with Crippen LogP contribution in [0.5, 0.6) is 5.75 Å². The molecule has 1 N–H and O–H groups in total. The third kappa shape index (κ3) is 2.96. The molecule has 0 aromatic heterocycles. The Morgan fingerprint density at radius 1 is 0.947 bits per heavy atom. The van der Waals surface area contributed by atoms with E-state index in [1.807, 2.05) is 7.05 Å². The largest absolute Gasteiger partial charge is 0.496 e. The second-order valence-corrected chi connectivity index (χ2v) is 4.86. The Kier molecular flexibility index (Phi) is 4.23. The van der Waals surface area contributed by atoms with Crippen LogP contribution >= 0.6 is 0 Å². The van der Waals surface area contributed by atoms with Crippen molar-refractivity contribution in [2.75, 3.05) is 14.2 Å². The summed E-state index contributed by atoms with van der Waals surface area (Å²) in [6.45, 7) is 4.16. The van der Waals surface area contributed by atoms with Crippen LogP contribution in [0.4, 0.5) is 0 Å². The molecule has 100 valence electrons. The maximum atomic E-state index is 5.41. The van der Waals surface area contributed by atoms with E-state index in [9.17, 15) is 0 Å². The normalized spacial score (nSPS) is 12.2. The molecule has 0 amide bonds. The molecule has 0 saturated heterocycles. The lowest BCUT2D eigenvalue weighted by Crippen LogP contribution is -2.17. The summed E-state index contributed by atoms with van der Waals surface area (Å²) in [5, 5.41) is 3.37. The van der Waals surface area contributed by atoms with Crippen molar-refractivity contribution >= 4 is 0 Å². The summed E-state index contributed by atoms with van der Waals surface area (Å²) >= 11 is 0. The molecule has 0 spiro atoms. The van der Waals surface area contributed by atoms with Crippen LogP contribution in [0.25, 0.3) is 0 Å². The minimum Gasteiger partial charge on any atom is -0.496 e. The highest BCUT2D eigenvalue weighted by Gasteiger charge is 2.13. The van der Waals surface area contributed by atoms with Gasteiger partial charge in [-0.25, -0.2) is 0 Å². The number of hydrogen-bond acceptors (Lipinski definition) is 2. The fraction of sp³-hybridized carbons (Fsp3) is 0.294. The van der Waals surface area contributed by atoms with Gasteiger partial charge in [-0.05, 0) is 43.7 Å². The van der Waals surface area contributed by atoms with Crippen molar-refractivity contribution in [1.29, 1.82) is 0 Å². The van der Waals surface area contributed by atoms with Crippen molar-refractivity contribution in [3.05, 3.63) is 64.7 Å². The van der Waals surface area contributed by atoms with Gasteiger partial charge in [0.25, 0.3) is 0 Å². The van der Waals surface area contributed by atoms with E-state index in [0.29, 0.717) is 0 Å². The van der Waals surface area contributed by atoms with Crippen LogP contribution in [0.15, 0.2) is 42.5 Å². The van der Waals surface area contributed by atoms with E-state index < -0.39 is 0 Å². The van der Waals surface area contributed by atoms with Crippen molar-refractivity contribution < 1.29 is 4.74 Å². The predicted molar refractivity (Wildman–Crippen MR) is 79.8 cm³/mol. The average Bonchev–Trinajstić information content (AvgIpc) is 2.43. The van der Waals surface area contributed by atoms with Gasteiger partial charge in [0.15, 0.2) is 0 Å². The molecular weight excluding hydrogens is 234 g/mol. The Balaban J connectivity index is 2.39. The molecule has 0 aliphatic heterocycles. The molecule has 2 nitrogen and oxygen atoms in total. The molecule has 0 fully saturated rings. The molecule has 2 rings (SSSR count). The number of aryl methyl sites for hydroxylation is 2. The zero-order chi connectivity index (χ0) is 13.8. The molecule has 2 aromatic rings. The highest BCUT2D eigenvalue weighted by molar-refractivity contribution is 5.41. The van der Waals surface area contributed by atoms with E-state index in [1.165, 1.54) is 16.7 Å². The van der Waals surface area contributed by atoms with Crippen molar-refractivity contribution in [2.45, 2.75) is 19.9 Å². The fourth-order valence-electron chi connectivity index (χ4n) is 2.30. The van der Waals surface area contributed by atoms with Crippen LogP contribution in [0.2, 0.25) is 0 Å². The average molecular weight is 255 g/mol. The van der Waals surface area contributed by atoms with Crippen molar-refractivity contribution in [1.82, 2.24) is 5.32 Å². The zero-order valence-corrected chi connectivity index (χ0v) is 12.0. The van der Waals surface area contributed by atoms with Gasteiger partial charge in [0.05, 0.1) is 13.2 Å². The molecule has 0 aliphatic carbocycles. The molecule has 0 saturated carbocycles. The minimum absolute atomic E-state index is 0.190. The third-order valence-corrected chi connectivity index (χ3v) is 3.46. The van der Waals surface area contributed by atoms with Gasteiger partial charge in [0.1, 0.15) is 5.75 Å². The van der Waals surface area contributed by atoms with E-state index in [1.54, 1.807) is 7.11 Å². The van der Waals surface area contributed by atoms with Gasteiger partial charge in [-0.3, -0.25) is 0 Å². The van der Waals surface area contributed by atoms with E-state index >= 15 is 0 Å². The topological polar surface area (TPSA) is 21.3 Å². The third-order valence-electron chi connectivity index (χ3n) is 3.46. The van der Waals surface area contributed by atoms with Gasteiger partial charge in [-0.15, -0.1) is 0 Å². The number of methoxy groups -OCH3 is 1. The Bertz CT molecular complexity index is 546. The van der Waals surface area contributed by atoms with E-state index in [2.05, 4.69) is 61.6 Å². The van der Waals surface area contributed by atoms with Crippen LogP contribution in [0.1, 0.15) is 28.3 Å². The SMILES string of the molecule is CNC(c1ccc(C)cc1)c1ccc(C)c(OC)c1. The highest BCUT2D eigenvalue weighted by Crippen LogP contribution is 2.27. The molecule has 19 heavy (non-hydrogen) atoms. The first-order chi connectivity index (χ1) is 9.15. The van der Waals surface area contributed by atoms with Crippen LogP contribution in [0.3, 0.4) is 0 Å². The number of hydrogen-bond donors (Lipinski definition) is 1. The van der Waals surface area contributed by atoms with Crippen LogP contribution < -0.4 is 10.1 Å². The van der Waals surface area contributed by atoms with Crippen molar-refractivity contribution in [3.63, 3.8) is 0 Å². The highest BCUT2D eigenvalue weighted by atomic mass is 16.5. The summed E-state index contributed by atoms with van der Waals surface area (Å²) in [6.07, 6.45) is 0. The molecule has 0 radical (unpaired) electrons.